The van der Waals surface area contributed by atoms with E-state index < -0.39 is 14.8 Å². The van der Waals surface area contributed by atoms with Gasteiger partial charge in [-0.1, -0.05) is 30.3 Å². The predicted octanol–water partition coefficient (Wildman–Crippen LogP) is 3.06. The molecule has 2 aromatic carbocycles. The van der Waals surface area contributed by atoms with E-state index in [1.807, 2.05) is 12.1 Å². The summed E-state index contributed by atoms with van der Waals surface area (Å²) in [6, 6.07) is 12.1. The third kappa shape index (κ3) is 4.53. The fourth-order valence-electron chi connectivity index (χ4n) is 2.35. The molecule has 0 spiro atoms. The second-order valence-electron chi connectivity index (χ2n) is 5.40. The molecule has 1 N–H and O–H groups in total. The molecular weight excluding hydrogens is 316 g/mol. The Bertz CT molecular complexity index is 832. The minimum atomic E-state index is -3.14. The summed E-state index contributed by atoms with van der Waals surface area (Å²) in [5.74, 6) is -0.0515. The number of nitrogens with one attached hydrogen (secondary N) is 1. The van der Waals surface area contributed by atoms with E-state index in [-0.39, 0.29) is 11.4 Å². The zero-order chi connectivity index (χ0) is 17.0. The van der Waals surface area contributed by atoms with Gasteiger partial charge in [0.2, 0.25) is 0 Å². The molecule has 23 heavy (non-hydrogen) atoms. The van der Waals surface area contributed by atoms with Gasteiger partial charge in [0.05, 0.1) is 10.7 Å². The van der Waals surface area contributed by atoms with E-state index in [1.54, 1.807) is 31.2 Å². The van der Waals surface area contributed by atoms with Crippen molar-refractivity contribution in [2.24, 2.45) is 0 Å². The number of nitrogens with zero attached hydrogens (tertiary/aromatic N) is 1. The molecule has 0 aliphatic carbocycles. The molecule has 0 saturated carbocycles. The van der Waals surface area contributed by atoms with Crippen molar-refractivity contribution < 1.29 is 13.3 Å². The maximum Gasteiger partial charge on any atom is 0.272 e. The van der Waals surface area contributed by atoms with Crippen LogP contribution in [0.4, 0.5) is 11.4 Å². The molecule has 2 rings (SSSR count). The molecular formula is C16H18N2O4S. The SMILES string of the molecule is Cc1c(CNc2ccccc2CS(C)(=O)=O)cccc1[N+](=O)[O-]. The standard InChI is InChI=1S/C16H18N2O4S/c1-12-13(7-5-9-16(12)18(19)20)10-17-15-8-4-3-6-14(15)11-23(2,21)22/h3-9,17H,10-11H2,1-2H3. The molecule has 0 radical (unpaired) electrons. The van der Waals surface area contributed by atoms with Gasteiger partial charge in [-0.3, -0.25) is 10.1 Å². The molecule has 0 amide bonds. The minimum absolute atomic E-state index is 0.0515. The Morgan fingerprint density at radius 2 is 1.74 bits per heavy atom. The lowest BCUT2D eigenvalue weighted by atomic mass is 10.1. The number of hydrogen-bond acceptors (Lipinski definition) is 5. The van der Waals surface area contributed by atoms with Crippen molar-refractivity contribution in [2.45, 2.75) is 19.2 Å². The summed E-state index contributed by atoms with van der Waals surface area (Å²) in [6.07, 6.45) is 1.19. The van der Waals surface area contributed by atoms with Crippen LogP contribution in [0, 0.1) is 17.0 Å². The van der Waals surface area contributed by atoms with Gasteiger partial charge in [-0.05, 0) is 24.1 Å². The van der Waals surface area contributed by atoms with Crippen LogP contribution in [0.5, 0.6) is 0 Å². The highest BCUT2D eigenvalue weighted by atomic mass is 32.2. The quantitative estimate of drug-likeness (QED) is 0.648. The summed E-state index contributed by atoms with van der Waals surface area (Å²) in [7, 11) is -3.14. The Morgan fingerprint density at radius 3 is 2.39 bits per heavy atom. The number of anilines is 1. The first-order chi connectivity index (χ1) is 10.8. The molecule has 0 heterocycles. The Labute approximate surface area is 135 Å². The maximum absolute atomic E-state index is 11.5. The highest BCUT2D eigenvalue weighted by Gasteiger charge is 2.14. The van der Waals surface area contributed by atoms with Gasteiger partial charge in [0.1, 0.15) is 0 Å². The van der Waals surface area contributed by atoms with Gasteiger partial charge in [-0.15, -0.1) is 0 Å². The van der Waals surface area contributed by atoms with Gasteiger partial charge < -0.3 is 5.32 Å². The van der Waals surface area contributed by atoms with Gasteiger partial charge in [0.25, 0.3) is 5.69 Å². The lowest BCUT2D eigenvalue weighted by molar-refractivity contribution is -0.385. The van der Waals surface area contributed by atoms with E-state index >= 15 is 0 Å². The average Bonchev–Trinajstić information content (AvgIpc) is 2.45. The van der Waals surface area contributed by atoms with Gasteiger partial charge >= 0.3 is 0 Å². The Kier molecular flexibility index (Phi) is 5.00. The molecule has 0 unspecified atom stereocenters. The highest BCUT2D eigenvalue weighted by molar-refractivity contribution is 7.89. The lowest BCUT2D eigenvalue weighted by Gasteiger charge is -2.13. The number of benzene rings is 2. The van der Waals surface area contributed by atoms with Crippen LogP contribution in [-0.4, -0.2) is 19.6 Å². The van der Waals surface area contributed by atoms with Crippen molar-refractivity contribution in [1.82, 2.24) is 0 Å². The molecule has 0 fully saturated rings. The first-order valence-corrected chi connectivity index (χ1v) is 9.06. The van der Waals surface area contributed by atoms with Gasteiger partial charge in [-0.25, -0.2) is 8.42 Å². The van der Waals surface area contributed by atoms with Crippen LogP contribution < -0.4 is 5.32 Å². The molecule has 0 atom stereocenters. The molecule has 0 bridgehead atoms. The zero-order valence-electron chi connectivity index (χ0n) is 12.9. The number of hydrogen-bond donors (Lipinski definition) is 1. The molecule has 0 aliphatic rings. The third-order valence-electron chi connectivity index (χ3n) is 3.52. The van der Waals surface area contributed by atoms with E-state index in [4.69, 9.17) is 0 Å². The second-order valence-corrected chi connectivity index (χ2v) is 7.54. The van der Waals surface area contributed by atoms with Crippen molar-refractivity contribution >= 4 is 21.2 Å². The van der Waals surface area contributed by atoms with E-state index in [9.17, 15) is 18.5 Å². The Morgan fingerprint density at radius 1 is 1.09 bits per heavy atom. The number of sulfone groups is 1. The number of nitro benzene ring substituents is 1. The fourth-order valence-corrected chi connectivity index (χ4v) is 3.17. The van der Waals surface area contributed by atoms with Crippen LogP contribution >= 0.6 is 0 Å². The molecule has 6 nitrogen and oxygen atoms in total. The molecule has 0 aromatic heterocycles. The number of para-hydroxylation sites is 1. The van der Waals surface area contributed by atoms with Crippen molar-refractivity contribution in [3.8, 4) is 0 Å². The number of nitro groups is 1. The fraction of sp³-hybridized carbons (Fsp3) is 0.250. The first-order valence-electron chi connectivity index (χ1n) is 7.00. The van der Waals surface area contributed by atoms with Gasteiger partial charge in [0.15, 0.2) is 9.84 Å². The van der Waals surface area contributed by atoms with Crippen molar-refractivity contribution in [3.05, 3.63) is 69.3 Å². The monoisotopic (exact) mass is 334 g/mol. The van der Waals surface area contributed by atoms with Gasteiger partial charge in [0, 0.05) is 30.1 Å². The van der Waals surface area contributed by atoms with Gasteiger partial charge in [-0.2, -0.15) is 0 Å². The van der Waals surface area contributed by atoms with Crippen LogP contribution in [0.15, 0.2) is 42.5 Å². The van der Waals surface area contributed by atoms with Crippen LogP contribution in [0.1, 0.15) is 16.7 Å². The van der Waals surface area contributed by atoms with Crippen LogP contribution in [-0.2, 0) is 22.1 Å². The molecule has 2 aromatic rings. The summed E-state index contributed by atoms with van der Waals surface area (Å²) in [5, 5.41) is 14.1. The number of rotatable bonds is 6. The smallest absolute Gasteiger partial charge is 0.272 e. The van der Waals surface area contributed by atoms with E-state index in [2.05, 4.69) is 5.32 Å². The molecule has 0 aliphatic heterocycles. The van der Waals surface area contributed by atoms with Crippen LogP contribution in [0.25, 0.3) is 0 Å². The molecule has 0 saturated heterocycles. The van der Waals surface area contributed by atoms with Crippen molar-refractivity contribution in [1.29, 1.82) is 0 Å². The van der Waals surface area contributed by atoms with Crippen LogP contribution in [0.3, 0.4) is 0 Å². The normalized spacial score (nSPS) is 11.2. The third-order valence-corrected chi connectivity index (χ3v) is 4.35. The minimum Gasteiger partial charge on any atom is -0.381 e. The zero-order valence-corrected chi connectivity index (χ0v) is 13.8. The lowest BCUT2D eigenvalue weighted by Crippen LogP contribution is -2.07. The van der Waals surface area contributed by atoms with Crippen LogP contribution in [0.2, 0.25) is 0 Å². The summed E-state index contributed by atoms with van der Waals surface area (Å²) in [6.45, 7) is 2.09. The summed E-state index contributed by atoms with van der Waals surface area (Å²) in [4.78, 5) is 10.6. The first kappa shape index (κ1) is 17.0. The second kappa shape index (κ2) is 6.78. The van der Waals surface area contributed by atoms with E-state index in [1.165, 1.54) is 12.3 Å². The summed E-state index contributed by atoms with van der Waals surface area (Å²) < 4.78 is 23.0. The molecule has 122 valence electrons. The van der Waals surface area contributed by atoms with E-state index in [0.717, 1.165) is 5.56 Å². The Hall–Kier alpha value is -2.41. The molecule has 7 heteroatoms. The average molecular weight is 334 g/mol. The predicted molar refractivity (Wildman–Crippen MR) is 90.1 cm³/mol. The maximum atomic E-state index is 11.5. The largest absolute Gasteiger partial charge is 0.381 e. The topological polar surface area (TPSA) is 89.3 Å². The van der Waals surface area contributed by atoms with E-state index in [0.29, 0.717) is 23.4 Å². The Balaban J connectivity index is 2.22. The van der Waals surface area contributed by atoms with Crippen molar-refractivity contribution in [3.63, 3.8) is 0 Å². The summed E-state index contributed by atoms with van der Waals surface area (Å²) in [5.41, 5.74) is 2.87. The highest BCUT2D eigenvalue weighted by Crippen LogP contribution is 2.23. The summed E-state index contributed by atoms with van der Waals surface area (Å²) >= 11 is 0. The van der Waals surface area contributed by atoms with Crippen molar-refractivity contribution in [2.75, 3.05) is 11.6 Å².